The van der Waals surface area contributed by atoms with Gasteiger partial charge in [-0.05, 0) is 42.0 Å². The van der Waals surface area contributed by atoms with Crippen LogP contribution in [0.4, 0.5) is 5.69 Å². The largest absolute Gasteiger partial charge is 0.421 e. The molecule has 2 aromatic heterocycles. The van der Waals surface area contributed by atoms with Crippen molar-refractivity contribution < 1.29 is 14.0 Å². The van der Waals surface area contributed by atoms with E-state index in [9.17, 15) is 9.59 Å². The lowest BCUT2D eigenvalue weighted by Gasteiger charge is -2.20. The van der Waals surface area contributed by atoms with Crippen LogP contribution in [-0.2, 0) is 22.4 Å². The van der Waals surface area contributed by atoms with Gasteiger partial charge in [0.1, 0.15) is 0 Å². The zero-order chi connectivity index (χ0) is 19.5. The first-order valence-corrected chi connectivity index (χ1v) is 10.1. The van der Waals surface area contributed by atoms with Gasteiger partial charge in [-0.25, -0.2) is 0 Å². The van der Waals surface area contributed by atoms with Crippen LogP contribution >= 0.6 is 11.3 Å². The summed E-state index contributed by atoms with van der Waals surface area (Å²) in [4.78, 5) is 23.8. The van der Waals surface area contributed by atoms with Crippen LogP contribution in [0.5, 0.6) is 0 Å². The van der Waals surface area contributed by atoms with E-state index >= 15 is 0 Å². The number of anilines is 1. The van der Waals surface area contributed by atoms with Crippen molar-refractivity contribution in [3.63, 3.8) is 0 Å². The molecule has 0 fully saturated rings. The van der Waals surface area contributed by atoms with E-state index in [1.165, 1.54) is 0 Å². The molecule has 3 heterocycles. The van der Waals surface area contributed by atoms with E-state index < -0.39 is 0 Å². The zero-order valence-corrected chi connectivity index (χ0v) is 16.2. The molecule has 0 bridgehead atoms. The maximum Gasteiger partial charge on any atom is 0.248 e. The van der Waals surface area contributed by atoms with Gasteiger partial charge < -0.3 is 15.1 Å². The number of carbonyl (C=O) groups excluding carboxylic acids is 2. The Morgan fingerprint density at radius 1 is 1.32 bits per heavy atom. The number of hydrogen-bond acceptors (Lipinski definition) is 6. The van der Waals surface area contributed by atoms with E-state index in [1.54, 1.807) is 11.3 Å². The van der Waals surface area contributed by atoms with Gasteiger partial charge in [0.05, 0.1) is 6.04 Å². The first-order chi connectivity index (χ1) is 13.6. The Labute approximate surface area is 166 Å². The quantitative estimate of drug-likeness (QED) is 0.665. The highest BCUT2D eigenvalue weighted by atomic mass is 32.1. The number of thiophene rings is 1. The van der Waals surface area contributed by atoms with E-state index in [0.717, 1.165) is 28.8 Å². The number of fused-ring (bicyclic) bond motifs is 1. The molecule has 1 aliphatic heterocycles. The molecule has 2 amide bonds. The summed E-state index contributed by atoms with van der Waals surface area (Å²) in [5.41, 5.74) is 3.87. The van der Waals surface area contributed by atoms with Gasteiger partial charge in [-0.3, -0.25) is 9.59 Å². The fraction of sp³-hybridized carbons (Fsp3) is 0.300. The molecule has 7 nitrogen and oxygen atoms in total. The van der Waals surface area contributed by atoms with Crippen molar-refractivity contribution in [2.24, 2.45) is 0 Å². The first-order valence-electron chi connectivity index (χ1n) is 9.15. The summed E-state index contributed by atoms with van der Waals surface area (Å²) in [5.74, 6) is 0.901. The Morgan fingerprint density at radius 3 is 3.04 bits per heavy atom. The van der Waals surface area contributed by atoms with E-state index in [1.807, 2.05) is 41.9 Å². The van der Waals surface area contributed by atoms with Crippen LogP contribution in [0.2, 0.25) is 0 Å². The van der Waals surface area contributed by atoms with Crippen molar-refractivity contribution in [1.29, 1.82) is 0 Å². The molecule has 4 rings (SSSR count). The van der Waals surface area contributed by atoms with Crippen molar-refractivity contribution in [1.82, 2.24) is 15.5 Å². The Balaban J connectivity index is 1.32. The predicted molar refractivity (Wildman–Crippen MR) is 106 cm³/mol. The topological polar surface area (TPSA) is 97.1 Å². The van der Waals surface area contributed by atoms with Crippen molar-refractivity contribution in [2.75, 3.05) is 5.32 Å². The number of nitrogens with zero attached hydrogens (tertiary/aromatic N) is 2. The van der Waals surface area contributed by atoms with E-state index in [4.69, 9.17) is 4.42 Å². The molecule has 0 spiro atoms. The Bertz CT molecular complexity index is 997. The van der Waals surface area contributed by atoms with Gasteiger partial charge in [-0.1, -0.05) is 12.1 Å². The lowest BCUT2D eigenvalue weighted by Crippen LogP contribution is -2.27. The van der Waals surface area contributed by atoms with Gasteiger partial charge in [0, 0.05) is 35.9 Å². The Morgan fingerprint density at radius 2 is 2.21 bits per heavy atom. The normalized spacial score (nSPS) is 14.2. The Hall–Kier alpha value is -3.00. The van der Waals surface area contributed by atoms with E-state index in [-0.39, 0.29) is 24.3 Å². The number of benzene rings is 1. The molecular formula is C20H20N4O3S. The van der Waals surface area contributed by atoms with Crippen LogP contribution in [0.15, 0.2) is 39.4 Å². The molecule has 3 aromatic rings. The van der Waals surface area contributed by atoms with Crippen molar-refractivity contribution in [2.45, 2.75) is 38.6 Å². The number of rotatable bonds is 6. The van der Waals surface area contributed by atoms with E-state index in [2.05, 4.69) is 20.8 Å². The summed E-state index contributed by atoms with van der Waals surface area (Å²) in [6.45, 7) is 1.95. The third-order valence-electron chi connectivity index (χ3n) is 4.70. The molecule has 28 heavy (non-hydrogen) atoms. The van der Waals surface area contributed by atoms with Crippen molar-refractivity contribution in [3.8, 4) is 11.5 Å². The van der Waals surface area contributed by atoms with Crippen molar-refractivity contribution in [3.05, 3.63) is 52.0 Å². The minimum absolute atomic E-state index is 0.0461. The Kier molecular flexibility index (Phi) is 5.21. The molecule has 0 saturated heterocycles. The smallest absolute Gasteiger partial charge is 0.248 e. The molecule has 1 aromatic carbocycles. The summed E-state index contributed by atoms with van der Waals surface area (Å²) in [7, 11) is 0. The number of hydrogen-bond donors (Lipinski definition) is 2. The van der Waals surface area contributed by atoms with Crippen LogP contribution in [-0.4, -0.2) is 22.0 Å². The highest BCUT2D eigenvalue weighted by Crippen LogP contribution is 2.26. The zero-order valence-electron chi connectivity index (χ0n) is 15.4. The van der Waals surface area contributed by atoms with Crippen LogP contribution in [0.3, 0.4) is 0 Å². The van der Waals surface area contributed by atoms with Crippen LogP contribution in [0.1, 0.15) is 42.8 Å². The number of aromatic nitrogens is 2. The average molecular weight is 396 g/mol. The summed E-state index contributed by atoms with van der Waals surface area (Å²) in [6, 6.07) is 7.67. The standard InChI is InChI=1S/C20H20N4O3S/c1-12(13-2-4-16-14(10-13)3-5-18(26)22-16)21-17(25)6-7-19-23-24-20(27-19)15-8-9-28-11-15/h2,4,8-12H,3,5-7H2,1H3,(H,21,25)(H,22,26). The molecule has 1 aliphatic rings. The first kappa shape index (κ1) is 18.4. The fourth-order valence-corrected chi connectivity index (χ4v) is 3.78. The molecule has 0 saturated carbocycles. The van der Waals surface area contributed by atoms with Crippen LogP contribution in [0.25, 0.3) is 11.5 Å². The highest BCUT2D eigenvalue weighted by Gasteiger charge is 2.17. The van der Waals surface area contributed by atoms with Gasteiger partial charge in [-0.15, -0.1) is 10.2 Å². The summed E-state index contributed by atoms with van der Waals surface area (Å²) in [5, 5.41) is 17.8. The average Bonchev–Trinajstić information content (AvgIpc) is 3.37. The molecule has 144 valence electrons. The molecule has 1 unspecified atom stereocenters. The number of aryl methyl sites for hydroxylation is 2. The molecule has 0 radical (unpaired) electrons. The summed E-state index contributed by atoms with van der Waals surface area (Å²) < 4.78 is 5.61. The second-order valence-corrected chi connectivity index (χ2v) is 7.55. The lowest BCUT2D eigenvalue weighted by atomic mass is 9.97. The minimum atomic E-state index is -0.125. The fourth-order valence-electron chi connectivity index (χ4n) is 3.15. The number of carbonyl (C=O) groups is 2. The van der Waals surface area contributed by atoms with Crippen molar-refractivity contribution >= 4 is 28.8 Å². The predicted octanol–water partition coefficient (Wildman–Crippen LogP) is 3.49. The van der Waals surface area contributed by atoms with Gasteiger partial charge >= 0.3 is 0 Å². The highest BCUT2D eigenvalue weighted by molar-refractivity contribution is 7.08. The van der Waals surface area contributed by atoms with Gasteiger partial charge in [-0.2, -0.15) is 11.3 Å². The minimum Gasteiger partial charge on any atom is -0.421 e. The number of amides is 2. The SMILES string of the molecule is CC(NC(=O)CCc1nnc(-c2ccsc2)o1)c1ccc2c(c1)CCC(=O)N2. The second-order valence-electron chi connectivity index (χ2n) is 6.77. The molecule has 8 heteroatoms. The van der Waals surface area contributed by atoms with Crippen LogP contribution < -0.4 is 10.6 Å². The molecule has 2 N–H and O–H groups in total. The maximum absolute atomic E-state index is 12.3. The third-order valence-corrected chi connectivity index (χ3v) is 5.39. The molecule has 0 aliphatic carbocycles. The summed E-state index contributed by atoms with van der Waals surface area (Å²) >= 11 is 1.56. The number of nitrogens with one attached hydrogen (secondary N) is 2. The molecular weight excluding hydrogens is 376 g/mol. The van der Waals surface area contributed by atoms with Gasteiger partial charge in [0.2, 0.25) is 23.6 Å². The third kappa shape index (κ3) is 4.12. The van der Waals surface area contributed by atoms with Gasteiger partial charge in [0.15, 0.2) is 0 Å². The van der Waals surface area contributed by atoms with E-state index in [0.29, 0.717) is 24.6 Å². The molecule has 1 atom stereocenters. The monoisotopic (exact) mass is 396 g/mol. The van der Waals surface area contributed by atoms with Crippen LogP contribution in [0, 0.1) is 0 Å². The lowest BCUT2D eigenvalue weighted by molar-refractivity contribution is -0.121. The summed E-state index contributed by atoms with van der Waals surface area (Å²) in [6.07, 6.45) is 1.89. The van der Waals surface area contributed by atoms with Gasteiger partial charge in [0.25, 0.3) is 0 Å². The second kappa shape index (κ2) is 7.93. The maximum atomic E-state index is 12.3.